The van der Waals surface area contributed by atoms with Gasteiger partial charge >= 0.3 is 0 Å². The van der Waals surface area contributed by atoms with Crippen LogP contribution in [-0.2, 0) is 16.2 Å². The first-order valence-electron chi connectivity index (χ1n) is 12.3. The number of hydrogen-bond donors (Lipinski definition) is 1. The lowest BCUT2D eigenvalue weighted by molar-refractivity contribution is -0.119. The van der Waals surface area contributed by atoms with Crippen LogP contribution in [0.15, 0.2) is 71.1 Å². The van der Waals surface area contributed by atoms with Crippen LogP contribution in [-0.4, -0.2) is 11.6 Å². The zero-order valence-electron chi connectivity index (χ0n) is 20.8. The summed E-state index contributed by atoms with van der Waals surface area (Å²) >= 11 is 6.08. The zero-order valence-corrected chi connectivity index (χ0v) is 21.6. The molecule has 0 amide bonds. The molecule has 3 aliphatic rings. The van der Waals surface area contributed by atoms with Crippen LogP contribution in [0.4, 0.5) is 0 Å². The molecule has 0 bridgehead atoms. The topological polar surface area (TPSA) is 55.4 Å². The Kier molecular flexibility index (Phi) is 5.91. The van der Waals surface area contributed by atoms with Crippen LogP contribution in [0.25, 0.3) is 0 Å². The van der Waals surface area contributed by atoms with E-state index >= 15 is 0 Å². The van der Waals surface area contributed by atoms with Gasteiger partial charge in [0.2, 0.25) is 0 Å². The van der Waals surface area contributed by atoms with Crippen molar-refractivity contribution in [2.75, 3.05) is 0 Å². The molecule has 0 aromatic heterocycles. The fourth-order valence-electron chi connectivity index (χ4n) is 5.77. The molecule has 35 heavy (non-hydrogen) atoms. The average Bonchev–Trinajstić information content (AvgIpc) is 2.75. The van der Waals surface area contributed by atoms with Gasteiger partial charge in [-0.15, -0.1) is 0 Å². The minimum Gasteiger partial charge on any atom is -0.489 e. The molecule has 1 aliphatic heterocycles. The van der Waals surface area contributed by atoms with Crippen LogP contribution in [0, 0.1) is 10.8 Å². The molecule has 0 radical (unpaired) electrons. The molecule has 1 heterocycles. The SMILES string of the molecule is CC1(C)CC(=O)C2=C(C1)NC1=C(C(=O)CC(C)(C)C1)C2c1ccc(OCc2cccc(Cl)c2)cc1. The van der Waals surface area contributed by atoms with E-state index in [1.807, 2.05) is 48.5 Å². The number of rotatable bonds is 4. The van der Waals surface area contributed by atoms with Crippen LogP contribution in [0.5, 0.6) is 5.75 Å². The summed E-state index contributed by atoms with van der Waals surface area (Å²) in [6, 6.07) is 15.5. The second-order valence-electron chi connectivity index (χ2n) is 11.7. The fraction of sp³-hybridized carbons (Fsp3) is 0.400. The van der Waals surface area contributed by atoms with Crippen molar-refractivity contribution in [2.24, 2.45) is 10.8 Å². The minimum absolute atomic E-state index is 0.0994. The highest BCUT2D eigenvalue weighted by Crippen LogP contribution is 2.51. The van der Waals surface area contributed by atoms with Gasteiger partial charge in [-0.3, -0.25) is 9.59 Å². The summed E-state index contributed by atoms with van der Waals surface area (Å²) in [6.45, 7) is 8.96. The van der Waals surface area contributed by atoms with Crippen molar-refractivity contribution in [3.8, 4) is 5.75 Å². The summed E-state index contributed by atoms with van der Waals surface area (Å²) in [7, 11) is 0. The quantitative estimate of drug-likeness (QED) is 0.508. The Labute approximate surface area is 212 Å². The predicted octanol–water partition coefficient (Wildman–Crippen LogP) is 6.89. The normalized spacial score (nSPS) is 21.4. The van der Waals surface area contributed by atoms with E-state index < -0.39 is 0 Å². The van der Waals surface area contributed by atoms with Gasteiger partial charge in [0.15, 0.2) is 11.6 Å². The first-order chi connectivity index (χ1) is 16.5. The van der Waals surface area contributed by atoms with E-state index in [4.69, 9.17) is 16.3 Å². The Bertz CT molecular complexity index is 1210. The first-order valence-corrected chi connectivity index (χ1v) is 12.7. The highest BCUT2D eigenvalue weighted by atomic mass is 35.5. The third-order valence-electron chi connectivity index (χ3n) is 7.23. The van der Waals surface area contributed by atoms with E-state index in [1.165, 1.54) is 0 Å². The highest BCUT2D eigenvalue weighted by Gasteiger charge is 2.46. The van der Waals surface area contributed by atoms with Crippen LogP contribution in [0.2, 0.25) is 5.02 Å². The Balaban J connectivity index is 1.49. The molecule has 0 fully saturated rings. The van der Waals surface area contributed by atoms with Crippen LogP contribution < -0.4 is 10.1 Å². The summed E-state index contributed by atoms with van der Waals surface area (Å²) in [5.74, 6) is 0.687. The number of benzene rings is 2. The van der Waals surface area contributed by atoms with E-state index in [-0.39, 0.29) is 28.3 Å². The van der Waals surface area contributed by atoms with Gasteiger partial charge in [-0.25, -0.2) is 0 Å². The summed E-state index contributed by atoms with van der Waals surface area (Å²) in [5.41, 5.74) is 5.27. The Morgan fingerprint density at radius 3 is 1.97 bits per heavy atom. The maximum absolute atomic E-state index is 13.4. The maximum atomic E-state index is 13.4. The molecule has 0 unspecified atom stereocenters. The number of Topliss-reactive ketones (excluding diaryl/α,β-unsaturated/α-hetero) is 2. The van der Waals surface area contributed by atoms with Crippen molar-refractivity contribution in [3.63, 3.8) is 0 Å². The van der Waals surface area contributed by atoms with Crippen molar-refractivity contribution in [1.82, 2.24) is 5.32 Å². The molecule has 5 rings (SSSR count). The number of ether oxygens (including phenoxy) is 1. The van der Waals surface area contributed by atoms with Gasteiger partial charge in [0.05, 0.1) is 0 Å². The molecule has 5 heteroatoms. The molecular weight excluding hydrogens is 458 g/mol. The van der Waals surface area contributed by atoms with E-state index in [1.54, 1.807) is 0 Å². The number of ketones is 2. The summed E-state index contributed by atoms with van der Waals surface area (Å²) in [6.07, 6.45) is 2.59. The Morgan fingerprint density at radius 2 is 1.43 bits per heavy atom. The Morgan fingerprint density at radius 1 is 0.857 bits per heavy atom. The fourth-order valence-corrected chi connectivity index (χ4v) is 5.98. The standard InChI is InChI=1S/C30H32ClNO3/c1-29(2)13-22-27(24(33)15-29)26(28-23(32-22)14-30(3,4)16-25(28)34)19-8-10-21(11-9-19)35-17-18-6-5-7-20(31)12-18/h5-12,26,32H,13-17H2,1-4H3. The lowest BCUT2D eigenvalue weighted by Crippen LogP contribution is -2.42. The summed E-state index contributed by atoms with van der Waals surface area (Å²) in [4.78, 5) is 26.8. The second kappa shape index (κ2) is 8.67. The first kappa shape index (κ1) is 23.9. The molecule has 0 saturated carbocycles. The molecular formula is C30H32ClNO3. The zero-order chi connectivity index (χ0) is 25.0. The van der Waals surface area contributed by atoms with Crippen LogP contribution in [0.3, 0.4) is 0 Å². The number of allylic oxidation sites excluding steroid dienone is 4. The van der Waals surface area contributed by atoms with Crippen LogP contribution in [0.1, 0.15) is 70.4 Å². The van der Waals surface area contributed by atoms with Gasteiger partial charge in [-0.1, -0.05) is 63.6 Å². The molecule has 1 N–H and O–H groups in total. The predicted molar refractivity (Wildman–Crippen MR) is 138 cm³/mol. The van der Waals surface area contributed by atoms with Crippen molar-refractivity contribution in [1.29, 1.82) is 0 Å². The molecule has 2 aromatic carbocycles. The maximum Gasteiger partial charge on any atom is 0.162 e. The third-order valence-corrected chi connectivity index (χ3v) is 7.46. The molecule has 0 atom stereocenters. The highest BCUT2D eigenvalue weighted by molar-refractivity contribution is 6.30. The molecule has 0 saturated heterocycles. The Hall–Kier alpha value is -2.85. The van der Waals surface area contributed by atoms with Crippen molar-refractivity contribution in [3.05, 3.63) is 87.2 Å². The molecule has 2 aliphatic carbocycles. The number of nitrogens with one attached hydrogen (secondary N) is 1. The minimum atomic E-state index is -0.324. The lowest BCUT2D eigenvalue weighted by atomic mass is 9.64. The lowest BCUT2D eigenvalue weighted by Gasteiger charge is -2.44. The molecule has 182 valence electrons. The van der Waals surface area contributed by atoms with Crippen molar-refractivity contribution < 1.29 is 14.3 Å². The smallest absolute Gasteiger partial charge is 0.162 e. The van der Waals surface area contributed by atoms with E-state index in [0.29, 0.717) is 24.5 Å². The van der Waals surface area contributed by atoms with E-state index in [0.717, 1.165) is 52.3 Å². The third kappa shape index (κ3) is 4.81. The van der Waals surface area contributed by atoms with Gasteiger partial charge in [0.1, 0.15) is 12.4 Å². The van der Waals surface area contributed by atoms with Gasteiger partial charge < -0.3 is 10.1 Å². The number of carbonyl (C=O) groups excluding carboxylic acids is 2. The second-order valence-corrected chi connectivity index (χ2v) is 12.1. The number of dihydropyridines is 1. The number of hydrogen-bond acceptors (Lipinski definition) is 4. The molecule has 2 aromatic rings. The summed E-state index contributed by atoms with van der Waals surface area (Å²) < 4.78 is 5.97. The number of halogens is 1. The largest absolute Gasteiger partial charge is 0.489 e. The van der Waals surface area contributed by atoms with Gasteiger partial charge in [-0.2, -0.15) is 0 Å². The average molecular weight is 490 g/mol. The van der Waals surface area contributed by atoms with Gasteiger partial charge in [0, 0.05) is 46.3 Å². The van der Waals surface area contributed by atoms with Gasteiger partial charge in [-0.05, 0) is 59.1 Å². The number of carbonyl (C=O) groups is 2. The molecule has 4 nitrogen and oxygen atoms in total. The van der Waals surface area contributed by atoms with Gasteiger partial charge in [0.25, 0.3) is 0 Å². The monoisotopic (exact) mass is 489 g/mol. The molecule has 0 spiro atoms. The van der Waals surface area contributed by atoms with Crippen molar-refractivity contribution >= 4 is 23.2 Å². The van der Waals surface area contributed by atoms with Crippen molar-refractivity contribution in [2.45, 2.75) is 65.9 Å². The van der Waals surface area contributed by atoms with Crippen LogP contribution >= 0.6 is 11.6 Å². The van der Waals surface area contributed by atoms with E-state index in [9.17, 15) is 9.59 Å². The summed E-state index contributed by atoms with van der Waals surface area (Å²) in [5, 5.41) is 4.25. The van der Waals surface area contributed by atoms with E-state index in [2.05, 4.69) is 33.0 Å².